The molecule has 0 radical (unpaired) electrons. The quantitative estimate of drug-likeness (QED) is 0.386. The van der Waals surface area contributed by atoms with Crippen LogP contribution in [0.3, 0.4) is 0 Å². The fourth-order valence-corrected chi connectivity index (χ4v) is 1.49. The predicted molar refractivity (Wildman–Crippen MR) is 57.8 cm³/mol. The van der Waals surface area contributed by atoms with Gasteiger partial charge in [-0.3, -0.25) is 0 Å². The molecule has 0 fully saturated rings. The van der Waals surface area contributed by atoms with Crippen LogP contribution in [0.25, 0.3) is 22.0 Å². The van der Waals surface area contributed by atoms with Crippen LogP contribution in [0.2, 0.25) is 0 Å². The average Bonchev–Trinajstić information content (AvgIpc) is 2.31. The first-order valence-corrected chi connectivity index (χ1v) is 4.44. The summed E-state index contributed by atoms with van der Waals surface area (Å²) in [6, 6.07) is 13.3. The molecule has 2 aromatic rings. The second-order valence-corrected chi connectivity index (χ2v) is 3.01. The smallest absolute Gasteiger partial charge is 0.310 e. The molecular formula is C12H7N3. The first kappa shape index (κ1) is 9.14. The predicted octanol–water partition coefficient (Wildman–Crippen LogP) is 1.73. The van der Waals surface area contributed by atoms with Crippen molar-refractivity contribution in [3.8, 4) is 6.07 Å². The van der Waals surface area contributed by atoms with Gasteiger partial charge in [0.15, 0.2) is 12.3 Å². The zero-order valence-corrected chi connectivity index (χ0v) is 7.88. The van der Waals surface area contributed by atoms with Gasteiger partial charge in [-0.25, -0.2) is 0 Å². The second kappa shape index (κ2) is 3.75. The molecule has 0 atom stereocenters. The molecule has 0 aliphatic rings. The number of para-hydroxylation sites is 1. The fraction of sp³-hybridized carbons (Fsp3) is 0. The Hall–Kier alpha value is -2.43. The van der Waals surface area contributed by atoms with E-state index in [2.05, 4.69) is 0 Å². The van der Waals surface area contributed by atoms with E-state index in [4.69, 9.17) is 10.7 Å². The van der Waals surface area contributed by atoms with E-state index in [1.807, 2.05) is 48.3 Å². The SMILES string of the molecule is N#CC(=C=[N-])[n+]1cccc2ccccc21. The van der Waals surface area contributed by atoms with Crippen LogP contribution in [0.4, 0.5) is 0 Å². The van der Waals surface area contributed by atoms with E-state index in [1.54, 1.807) is 10.8 Å². The molecule has 0 spiro atoms. The lowest BCUT2D eigenvalue weighted by atomic mass is 10.2. The Morgan fingerprint density at radius 3 is 2.67 bits per heavy atom. The highest BCUT2D eigenvalue weighted by molar-refractivity contribution is 5.86. The summed E-state index contributed by atoms with van der Waals surface area (Å²) >= 11 is 0. The minimum Gasteiger partial charge on any atom is -0.757 e. The van der Waals surface area contributed by atoms with E-state index in [9.17, 15) is 0 Å². The molecule has 0 saturated carbocycles. The monoisotopic (exact) mass is 193 g/mol. The van der Waals surface area contributed by atoms with E-state index in [1.165, 1.54) is 0 Å². The van der Waals surface area contributed by atoms with Gasteiger partial charge in [0.25, 0.3) is 0 Å². The minimum atomic E-state index is 0.0757. The van der Waals surface area contributed by atoms with Gasteiger partial charge in [0.1, 0.15) is 0 Å². The van der Waals surface area contributed by atoms with E-state index < -0.39 is 0 Å². The highest BCUT2D eigenvalue weighted by atomic mass is 15.0. The molecule has 0 aliphatic carbocycles. The van der Waals surface area contributed by atoms with E-state index >= 15 is 0 Å². The van der Waals surface area contributed by atoms with E-state index in [-0.39, 0.29) is 5.70 Å². The third-order valence-corrected chi connectivity index (χ3v) is 2.16. The highest BCUT2D eigenvalue weighted by Crippen LogP contribution is 2.08. The van der Waals surface area contributed by atoms with Gasteiger partial charge in [0.05, 0.1) is 0 Å². The van der Waals surface area contributed by atoms with Crippen molar-refractivity contribution in [2.75, 3.05) is 0 Å². The number of hydrogen-bond donors (Lipinski definition) is 0. The van der Waals surface area contributed by atoms with E-state index in [0.29, 0.717) is 0 Å². The number of nitriles is 1. The van der Waals surface area contributed by atoms with Crippen molar-refractivity contribution in [1.82, 2.24) is 0 Å². The largest absolute Gasteiger partial charge is 0.757 e. The fourth-order valence-electron chi connectivity index (χ4n) is 1.49. The van der Waals surface area contributed by atoms with Crippen LogP contribution in [0.5, 0.6) is 0 Å². The Balaban J connectivity index is 2.83. The lowest BCUT2D eigenvalue weighted by Gasteiger charge is -1.97. The number of allylic oxidation sites excluding steroid dienone is 1. The van der Waals surface area contributed by atoms with Crippen LogP contribution in [0.15, 0.2) is 42.6 Å². The van der Waals surface area contributed by atoms with Gasteiger partial charge < -0.3 is 5.41 Å². The molecule has 15 heavy (non-hydrogen) atoms. The van der Waals surface area contributed by atoms with Crippen LogP contribution >= 0.6 is 0 Å². The van der Waals surface area contributed by atoms with Crippen LogP contribution in [-0.4, -0.2) is 5.87 Å². The Morgan fingerprint density at radius 2 is 1.93 bits per heavy atom. The van der Waals surface area contributed by atoms with Crippen molar-refractivity contribution in [2.45, 2.75) is 0 Å². The van der Waals surface area contributed by atoms with Gasteiger partial charge in [-0.15, -0.1) is 4.57 Å². The standard InChI is InChI=1S/C12H7N3/c13-8-11(9-14)15-7-3-5-10-4-1-2-6-12(10)15/h1-7H. The number of benzene rings is 1. The molecule has 2 rings (SSSR count). The molecule has 70 valence electrons. The molecule has 0 aliphatic heterocycles. The Bertz CT molecular complexity index is 596. The number of pyridine rings is 1. The van der Waals surface area contributed by atoms with Gasteiger partial charge in [-0.2, -0.15) is 11.1 Å². The molecule has 3 heteroatoms. The summed E-state index contributed by atoms with van der Waals surface area (Å²) < 4.78 is 1.59. The summed E-state index contributed by atoms with van der Waals surface area (Å²) in [7, 11) is 0. The lowest BCUT2D eigenvalue weighted by Crippen LogP contribution is -2.32. The number of hydrogen-bond acceptors (Lipinski definition) is 1. The van der Waals surface area contributed by atoms with Gasteiger partial charge in [-0.1, -0.05) is 12.1 Å². The Morgan fingerprint density at radius 1 is 1.20 bits per heavy atom. The van der Waals surface area contributed by atoms with Crippen molar-refractivity contribution < 1.29 is 4.57 Å². The highest BCUT2D eigenvalue weighted by Gasteiger charge is 2.11. The summed E-state index contributed by atoms with van der Waals surface area (Å²) in [6.07, 6.45) is 1.71. The molecule has 1 heterocycles. The molecule has 0 amide bonds. The van der Waals surface area contributed by atoms with Crippen molar-refractivity contribution in [2.24, 2.45) is 0 Å². The van der Waals surface area contributed by atoms with Gasteiger partial charge in [0.2, 0.25) is 5.52 Å². The third-order valence-electron chi connectivity index (χ3n) is 2.16. The van der Waals surface area contributed by atoms with Gasteiger partial charge >= 0.3 is 5.70 Å². The first-order valence-electron chi connectivity index (χ1n) is 4.44. The first-order chi connectivity index (χ1) is 7.36. The molecule has 1 aromatic heterocycles. The summed E-state index contributed by atoms with van der Waals surface area (Å²) in [5, 5.41) is 18.6. The Kier molecular flexibility index (Phi) is 2.28. The average molecular weight is 193 g/mol. The number of aromatic nitrogens is 1. The molecule has 0 unspecified atom stereocenters. The normalized spacial score (nSPS) is 9.27. The molecule has 1 aromatic carbocycles. The molecule has 0 bridgehead atoms. The molecule has 0 N–H and O–H groups in total. The maximum Gasteiger partial charge on any atom is 0.310 e. The van der Waals surface area contributed by atoms with E-state index in [0.717, 1.165) is 10.9 Å². The summed E-state index contributed by atoms with van der Waals surface area (Å²) in [5.41, 5.74) is 0.935. The van der Waals surface area contributed by atoms with Crippen LogP contribution < -0.4 is 4.57 Å². The molecular weight excluding hydrogens is 186 g/mol. The number of rotatable bonds is 1. The summed E-state index contributed by atoms with van der Waals surface area (Å²) in [4.78, 5) is 0. The maximum atomic E-state index is 8.81. The second-order valence-electron chi connectivity index (χ2n) is 3.01. The van der Waals surface area contributed by atoms with Crippen LogP contribution in [-0.2, 0) is 0 Å². The summed E-state index contributed by atoms with van der Waals surface area (Å²) in [5.74, 6) is 1.88. The number of fused-ring (bicyclic) bond motifs is 1. The lowest BCUT2D eigenvalue weighted by molar-refractivity contribution is -0.546. The molecule has 0 saturated heterocycles. The third kappa shape index (κ3) is 1.50. The zero-order chi connectivity index (χ0) is 10.7. The number of nitrogens with zero attached hydrogens (tertiary/aromatic N) is 3. The summed E-state index contributed by atoms with van der Waals surface area (Å²) in [6.45, 7) is 0. The Labute approximate surface area is 87.0 Å². The van der Waals surface area contributed by atoms with Crippen molar-refractivity contribution in [1.29, 1.82) is 5.26 Å². The topological polar surface area (TPSA) is 50.0 Å². The minimum absolute atomic E-state index is 0.0757. The maximum absolute atomic E-state index is 8.81. The molecule has 3 nitrogen and oxygen atoms in total. The van der Waals surface area contributed by atoms with Crippen molar-refractivity contribution >= 4 is 22.5 Å². The van der Waals surface area contributed by atoms with Crippen LogP contribution in [0, 0.1) is 11.3 Å². The zero-order valence-electron chi connectivity index (χ0n) is 7.88. The van der Waals surface area contributed by atoms with Gasteiger partial charge in [0, 0.05) is 17.5 Å². The van der Waals surface area contributed by atoms with Crippen molar-refractivity contribution in [3.63, 3.8) is 0 Å². The van der Waals surface area contributed by atoms with Crippen LogP contribution in [0.1, 0.15) is 0 Å². The van der Waals surface area contributed by atoms with Gasteiger partial charge in [-0.05, 0) is 12.1 Å². The van der Waals surface area contributed by atoms with Crippen molar-refractivity contribution in [3.05, 3.63) is 48.0 Å².